The highest BCUT2D eigenvalue weighted by atomic mass is 35.5. The Morgan fingerprint density at radius 1 is 1.32 bits per heavy atom. The van der Waals surface area contributed by atoms with Gasteiger partial charge in [-0.25, -0.2) is 0 Å². The van der Waals surface area contributed by atoms with E-state index >= 15 is 0 Å². The van der Waals surface area contributed by atoms with Gasteiger partial charge in [-0.05, 0) is 49.1 Å². The van der Waals surface area contributed by atoms with Crippen LogP contribution in [0.3, 0.4) is 0 Å². The minimum absolute atomic E-state index is 0.0211. The quantitative estimate of drug-likeness (QED) is 0.416. The number of piperidine rings is 1. The van der Waals surface area contributed by atoms with Crippen molar-refractivity contribution in [2.75, 3.05) is 18.1 Å². The van der Waals surface area contributed by atoms with E-state index in [0.717, 1.165) is 37.0 Å². The zero-order valence-corrected chi connectivity index (χ0v) is 17.5. The Labute approximate surface area is 175 Å². The largest absolute Gasteiger partial charge is 0.481 e. The van der Waals surface area contributed by atoms with Crippen LogP contribution >= 0.6 is 23.4 Å². The van der Waals surface area contributed by atoms with Crippen LogP contribution in [0.2, 0.25) is 5.02 Å². The van der Waals surface area contributed by atoms with Crippen molar-refractivity contribution in [1.29, 1.82) is 0 Å². The van der Waals surface area contributed by atoms with E-state index in [1.807, 2.05) is 35.2 Å². The number of carbonyl (C=O) groups excluding carboxylic acids is 1. The summed E-state index contributed by atoms with van der Waals surface area (Å²) < 4.78 is 0. The number of benzene rings is 1. The molecule has 0 bridgehead atoms. The molecule has 0 aromatic heterocycles. The maximum atomic E-state index is 12.3. The topological polar surface area (TPSA) is 77.8 Å². The first kappa shape index (κ1) is 22.8. The smallest absolute Gasteiger partial charge is 0.313 e. The SMILES string of the molecule is O=C(O)CSCCCCN1C(=O)CCC[C@@H]1C=CC(O)Cc1ccc(Cl)cc1. The fraction of sp³-hybridized carbons (Fsp3) is 0.524. The number of unbranched alkanes of at least 4 members (excludes halogenated alkanes) is 1. The predicted octanol–water partition coefficient (Wildman–Crippen LogP) is 3.78. The zero-order valence-electron chi connectivity index (χ0n) is 15.9. The van der Waals surface area contributed by atoms with Gasteiger partial charge in [0.05, 0.1) is 17.9 Å². The molecule has 0 spiro atoms. The number of likely N-dealkylation sites (tertiary alicyclic amines) is 1. The molecule has 2 atom stereocenters. The van der Waals surface area contributed by atoms with Gasteiger partial charge < -0.3 is 15.1 Å². The Balaban J connectivity index is 1.81. The van der Waals surface area contributed by atoms with Crippen molar-refractivity contribution in [3.8, 4) is 0 Å². The van der Waals surface area contributed by atoms with Crippen molar-refractivity contribution in [3.05, 3.63) is 47.0 Å². The lowest BCUT2D eigenvalue weighted by molar-refractivity contribution is -0.135. The van der Waals surface area contributed by atoms with Gasteiger partial charge >= 0.3 is 5.97 Å². The number of carboxylic acid groups (broad SMARTS) is 1. The number of hydrogen-bond donors (Lipinski definition) is 2. The van der Waals surface area contributed by atoms with Crippen LogP contribution in [0.15, 0.2) is 36.4 Å². The van der Waals surface area contributed by atoms with E-state index in [1.165, 1.54) is 11.8 Å². The molecule has 1 fully saturated rings. The second-order valence-corrected chi connectivity index (χ2v) is 8.52. The summed E-state index contributed by atoms with van der Waals surface area (Å²) >= 11 is 7.29. The first-order valence-corrected chi connectivity index (χ1v) is 11.2. The van der Waals surface area contributed by atoms with Gasteiger partial charge in [-0.15, -0.1) is 0 Å². The highest BCUT2D eigenvalue weighted by Gasteiger charge is 2.25. The Morgan fingerprint density at radius 3 is 2.79 bits per heavy atom. The Hall–Kier alpha value is -1.50. The number of carboxylic acids is 1. The summed E-state index contributed by atoms with van der Waals surface area (Å²) in [6.45, 7) is 0.675. The monoisotopic (exact) mass is 425 g/mol. The third-order valence-corrected chi connectivity index (χ3v) is 5.97. The number of thioether (sulfide) groups is 1. The number of aliphatic hydroxyl groups is 1. The van der Waals surface area contributed by atoms with Gasteiger partial charge in [0.15, 0.2) is 0 Å². The maximum absolute atomic E-state index is 12.3. The lowest BCUT2D eigenvalue weighted by Crippen LogP contribution is -2.43. The minimum Gasteiger partial charge on any atom is -0.481 e. The maximum Gasteiger partial charge on any atom is 0.313 e. The van der Waals surface area contributed by atoms with Crippen LogP contribution in [0.25, 0.3) is 0 Å². The fourth-order valence-electron chi connectivity index (χ4n) is 3.27. The average molecular weight is 426 g/mol. The molecule has 5 nitrogen and oxygen atoms in total. The van der Waals surface area contributed by atoms with E-state index in [-0.39, 0.29) is 17.7 Å². The van der Waals surface area contributed by atoms with Crippen molar-refractivity contribution in [3.63, 3.8) is 0 Å². The highest BCUT2D eigenvalue weighted by Crippen LogP contribution is 2.21. The molecular formula is C21H28ClNO4S. The van der Waals surface area contributed by atoms with E-state index in [9.17, 15) is 14.7 Å². The molecule has 28 heavy (non-hydrogen) atoms. The molecule has 1 unspecified atom stereocenters. The van der Waals surface area contributed by atoms with E-state index < -0.39 is 12.1 Å². The van der Waals surface area contributed by atoms with Crippen molar-refractivity contribution in [2.24, 2.45) is 0 Å². The molecular weight excluding hydrogens is 398 g/mol. The van der Waals surface area contributed by atoms with Crippen molar-refractivity contribution >= 4 is 35.2 Å². The van der Waals surface area contributed by atoms with Crippen LogP contribution in [0.1, 0.15) is 37.7 Å². The number of hydrogen-bond acceptors (Lipinski definition) is 4. The van der Waals surface area contributed by atoms with Crippen LogP contribution in [-0.2, 0) is 16.0 Å². The summed E-state index contributed by atoms with van der Waals surface area (Å²) in [6.07, 6.45) is 7.74. The predicted molar refractivity (Wildman–Crippen MR) is 114 cm³/mol. The Morgan fingerprint density at radius 2 is 2.07 bits per heavy atom. The Kier molecular flexibility index (Phi) is 9.88. The van der Waals surface area contributed by atoms with Crippen molar-refractivity contribution in [1.82, 2.24) is 4.90 Å². The standard InChI is InChI=1S/C21H28ClNO4S/c22-17-8-6-16(7-9-17)14-19(24)11-10-18-4-3-5-20(25)23(18)12-1-2-13-28-15-21(26)27/h6-11,18-19,24H,1-5,12-15H2,(H,26,27)/t18-,19?/m1/s1. The van der Waals surface area contributed by atoms with Gasteiger partial charge in [0.2, 0.25) is 5.91 Å². The van der Waals surface area contributed by atoms with Gasteiger partial charge in [-0.3, -0.25) is 9.59 Å². The van der Waals surface area contributed by atoms with Crippen LogP contribution in [0, 0.1) is 0 Å². The van der Waals surface area contributed by atoms with Gasteiger partial charge in [0, 0.05) is 24.4 Å². The number of aliphatic carboxylic acids is 1. The van der Waals surface area contributed by atoms with Crippen LogP contribution in [-0.4, -0.2) is 57.2 Å². The van der Waals surface area contributed by atoms with Crippen LogP contribution < -0.4 is 0 Å². The number of rotatable bonds is 11. The first-order valence-electron chi connectivity index (χ1n) is 9.65. The molecule has 0 aliphatic carbocycles. The third kappa shape index (κ3) is 8.25. The molecule has 154 valence electrons. The van der Waals surface area contributed by atoms with Crippen LogP contribution in [0.5, 0.6) is 0 Å². The summed E-state index contributed by atoms with van der Waals surface area (Å²) in [4.78, 5) is 24.7. The van der Waals surface area contributed by atoms with Gasteiger partial charge in [0.1, 0.15) is 0 Å². The molecule has 1 aliphatic rings. The molecule has 1 aromatic carbocycles. The van der Waals surface area contributed by atoms with E-state index in [1.54, 1.807) is 6.08 Å². The second-order valence-electron chi connectivity index (χ2n) is 6.98. The molecule has 2 rings (SSSR count). The van der Waals surface area contributed by atoms with Crippen molar-refractivity contribution in [2.45, 2.75) is 50.7 Å². The van der Waals surface area contributed by atoms with Gasteiger partial charge in [-0.2, -0.15) is 11.8 Å². The normalized spacial score (nSPS) is 18.6. The molecule has 1 amide bonds. The van der Waals surface area contributed by atoms with E-state index in [0.29, 0.717) is 24.4 Å². The minimum atomic E-state index is -0.793. The first-order chi connectivity index (χ1) is 13.5. The summed E-state index contributed by atoms with van der Waals surface area (Å²) in [5.41, 5.74) is 1.01. The van der Waals surface area contributed by atoms with Crippen LogP contribution in [0.4, 0.5) is 0 Å². The molecule has 2 N–H and O–H groups in total. The molecule has 1 aliphatic heterocycles. The zero-order chi connectivity index (χ0) is 20.4. The summed E-state index contributed by atoms with van der Waals surface area (Å²) in [7, 11) is 0. The summed E-state index contributed by atoms with van der Waals surface area (Å²) in [5.74, 6) is 0.276. The molecule has 1 saturated heterocycles. The van der Waals surface area contributed by atoms with E-state index in [4.69, 9.17) is 16.7 Å². The average Bonchev–Trinajstić information content (AvgIpc) is 2.66. The number of amides is 1. The van der Waals surface area contributed by atoms with Gasteiger partial charge in [-0.1, -0.05) is 35.9 Å². The lowest BCUT2D eigenvalue weighted by atomic mass is 9.99. The molecule has 0 saturated carbocycles. The highest BCUT2D eigenvalue weighted by molar-refractivity contribution is 7.99. The number of halogens is 1. The van der Waals surface area contributed by atoms with Gasteiger partial charge in [0.25, 0.3) is 0 Å². The molecule has 0 radical (unpaired) electrons. The lowest BCUT2D eigenvalue weighted by Gasteiger charge is -2.34. The molecule has 1 heterocycles. The number of carbonyl (C=O) groups is 2. The summed E-state index contributed by atoms with van der Waals surface area (Å²) in [5, 5.41) is 19.6. The molecule has 7 heteroatoms. The molecule has 1 aromatic rings. The van der Waals surface area contributed by atoms with E-state index in [2.05, 4.69) is 0 Å². The number of nitrogens with zero attached hydrogens (tertiary/aromatic N) is 1. The summed E-state index contributed by atoms with van der Waals surface area (Å²) in [6, 6.07) is 7.44. The number of aliphatic hydroxyl groups excluding tert-OH is 1. The fourth-order valence-corrected chi connectivity index (χ4v) is 4.12. The Bertz CT molecular complexity index is 665. The second kappa shape index (κ2) is 12.1. The third-order valence-electron chi connectivity index (χ3n) is 4.69. The van der Waals surface area contributed by atoms with Crippen molar-refractivity contribution < 1.29 is 19.8 Å².